The molecular formula is C44H26I4N4. The minimum atomic E-state index is 0.887. The average Bonchev–Trinajstić information content (AvgIpc) is 3.95. The predicted molar refractivity (Wildman–Crippen MR) is 251 cm³/mol. The molecule has 0 atom stereocenters. The first-order valence-electron chi connectivity index (χ1n) is 16.6. The van der Waals surface area contributed by atoms with Crippen molar-refractivity contribution in [2.45, 2.75) is 0 Å². The summed E-state index contributed by atoms with van der Waals surface area (Å²) < 4.78 is 7.16. The Morgan fingerprint density at radius 3 is 1.42 bits per heavy atom. The van der Waals surface area contributed by atoms with Crippen LogP contribution in [0.15, 0.2) is 127 Å². The highest BCUT2D eigenvalue weighted by Gasteiger charge is 2.25. The highest BCUT2D eigenvalue weighted by molar-refractivity contribution is 14.1. The highest BCUT2D eigenvalue weighted by Crippen LogP contribution is 2.47. The van der Waals surface area contributed by atoms with Gasteiger partial charge in [0.25, 0.3) is 0 Å². The van der Waals surface area contributed by atoms with Crippen LogP contribution < -0.4 is 0 Å². The van der Waals surface area contributed by atoms with Crippen LogP contribution in [0, 0.1) is 14.3 Å². The van der Waals surface area contributed by atoms with Crippen molar-refractivity contribution in [3.05, 3.63) is 164 Å². The first kappa shape index (κ1) is 34.2. The monoisotopic (exact) mass is 1120 g/mol. The number of fused-ring (bicyclic) bond motifs is 8. The number of nitrogens with zero attached hydrogens (tertiary/aromatic N) is 3. The van der Waals surface area contributed by atoms with Crippen LogP contribution in [0.25, 0.3) is 85.4 Å². The maximum absolute atomic E-state index is 5.35. The Bertz CT molecular complexity index is 2740. The van der Waals surface area contributed by atoms with Crippen LogP contribution >= 0.6 is 90.4 Å². The van der Waals surface area contributed by atoms with Crippen LogP contribution in [0.5, 0.6) is 0 Å². The fourth-order valence-corrected chi connectivity index (χ4v) is 8.30. The van der Waals surface area contributed by atoms with Gasteiger partial charge in [0.2, 0.25) is 0 Å². The molecule has 8 heteroatoms. The fraction of sp³-hybridized carbons (Fsp3) is 0. The minimum absolute atomic E-state index is 0.887. The van der Waals surface area contributed by atoms with Gasteiger partial charge in [-0.1, -0.05) is 36.4 Å². The van der Waals surface area contributed by atoms with E-state index in [0.29, 0.717) is 0 Å². The van der Waals surface area contributed by atoms with Crippen LogP contribution in [0.4, 0.5) is 0 Å². The van der Waals surface area contributed by atoms with Gasteiger partial charge in [0.15, 0.2) is 0 Å². The number of hydrogen-bond acceptors (Lipinski definition) is 2. The van der Waals surface area contributed by atoms with Gasteiger partial charge in [0.1, 0.15) is 0 Å². The molecule has 1 N–H and O–H groups in total. The maximum atomic E-state index is 5.35. The quantitative estimate of drug-likeness (QED) is 0.179. The first-order chi connectivity index (χ1) is 25.4. The molecule has 0 fully saturated rings. The fourth-order valence-electron chi connectivity index (χ4n) is 6.86. The molecule has 2 aliphatic heterocycles. The third-order valence-electron chi connectivity index (χ3n) is 9.15. The molecule has 0 amide bonds. The van der Waals surface area contributed by atoms with E-state index in [9.17, 15) is 0 Å². The minimum Gasteiger partial charge on any atom is -0.355 e. The number of hydrogen-bond donors (Lipinski definition) is 1. The second-order valence-corrected chi connectivity index (χ2v) is 17.5. The van der Waals surface area contributed by atoms with Crippen molar-refractivity contribution in [2.24, 2.45) is 0 Å². The summed E-state index contributed by atoms with van der Waals surface area (Å²) in [4.78, 5) is 14.0. The molecule has 7 aromatic rings. The number of aromatic nitrogens is 4. The first-order valence-corrected chi connectivity index (χ1v) is 20.9. The van der Waals surface area contributed by atoms with Gasteiger partial charge in [-0.15, -0.1) is 0 Å². The molecule has 0 saturated heterocycles. The maximum Gasteiger partial charge on any atom is 0.0737 e. The van der Waals surface area contributed by atoms with E-state index >= 15 is 0 Å². The van der Waals surface area contributed by atoms with Gasteiger partial charge in [0, 0.05) is 47.7 Å². The number of aromatic amines is 1. The lowest BCUT2D eigenvalue weighted by Gasteiger charge is -2.14. The summed E-state index contributed by atoms with van der Waals surface area (Å²) in [7, 11) is 0. The molecular weight excluding hydrogens is 1090 g/mol. The van der Waals surface area contributed by atoms with E-state index < -0.39 is 0 Å². The van der Waals surface area contributed by atoms with E-state index in [1.165, 1.54) is 14.3 Å². The van der Waals surface area contributed by atoms with Crippen molar-refractivity contribution in [2.75, 3.05) is 0 Å². The second-order valence-electron chi connectivity index (χ2n) is 12.5. The summed E-state index contributed by atoms with van der Waals surface area (Å²) in [5.41, 5.74) is 15.4. The van der Waals surface area contributed by atoms with Gasteiger partial charge in [0.05, 0.1) is 33.8 Å². The van der Waals surface area contributed by atoms with Crippen molar-refractivity contribution in [3.8, 4) is 39.1 Å². The van der Waals surface area contributed by atoms with Crippen molar-refractivity contribution < 1.29 is 0 Å². The zero-order valence-electron chi connectivity index (χ0n) is 27.3. The van der Waals surface area contributed by atoms with Gasteiger partial charge in [-0.3, -0.25) is 0 Å². The topological polar surface area (TPSA) is 46.5 Å². The Kier molecular flexibility index (Phi) is 9.42. The Hall–Kier alpha value is -3.60. The number of benzene rings is 4. The molecule has 0 unspecified atom stereocenters. The number of halogens is 4. The van der Waals surface area contributed by atoms with Crippen molar-refractivity contribution in [1.29, 1.82) is 0 Å². The largest absolute Gasteiger partial charge is 0.355 e. The lowest BCUT2D eigenvalue weighted by atomic mass is 9.93. The number of nitrogens with one attached hydrogen (secondary N) is 1. The van der Waals surface area contributed by atoms with E-state index in [2.05, 4.69) is 252 Å². The van der Waals surface area contributed by atoms with Crippen molar-refractivity contribution in [3.63, 3.8) is 0 Å². The van der Waals surface area contributed by atoms with E-state index in [1.807, 2.05) is 0 Å². The summed E-state index contributed by atoms with van der Waals surface area (Å²) in [5.74, 6) is 0. The van der Waals surface area contributed by atoms with E-state index in [4.69, 9.17) is 9.97 Å². The number of rotatable bonds is 4. The molecule has 0 aliphatic carbocycles. The summed E-state index contributed by atoms with van der Waals surface area (Å²) in [6.07, 6.45) is 8.48. The molecule has 4 nitrogen and oxygen atoms in total. The molecule has 0 spiro atoms. The Balaban J connectivity index is 1.60. The molecule has 5 heterocycles. The zero-order chi connectivity index (χ0) is 35.3. The van der Waals surface area contributed by atoms with Crippen LogP contribution in [0.3, 0.4) is 0 Å². The smallest absolute Gasteiger partial charge is 0.0737 e. The van der Waals surface area contributed by atoms with Gasteiger partial charge in [-0.05, 0) is 222 Å². The van der Waals surface area contributed by atoms with Crippen LogP contribution in [0.1, 0.15) is 22.8 Å². The molecule has 2 aliphatic rings. The normalized spacial score (nSPS) is 12.1. The summed E-state index contributed by atoms with van der Waals surface area (Å²) in [6.45, 7) is 0. The number of H-pyrrole nitrogens is 1. The molecule has 52 heavy (non-hydrogen) atoms. The van der Waals surface area contributed by atoms with Crippen LogP contribution in [0.2, 0.25) is 0 Å². The molecule has 250 valence electrons. The van der Waals surface area contributed by atoms with Crippen molar-refractivity contribution >= 4 is 137 Å². The van der Waals surface area contributed by atoms with Gasteiger partial charge < -0.3 is 9.55 Å². The van der Waals surface area contributed by atoms with E-state index in [-0.39, 0.29) is 0 Å². The third-order valence-corrected chi connectivity index (χ3v) is 12.0. The molecule has 4 aromatic carbocycles. The van der Waals surface area contributed by atoms with E-state index in [0.717, 1.165) is 83.9 Å². The standard InChI is InChI=1S/C44H26I4N4/c45-29-7-1-26(2-8-29)41-39-22-19-36(51-39)24-35-16-15-33(49-35)23-34-17-18-37(50-34)25-40-42(27-3-9-30(46)10-4-27)43(28-5-11-31(47)12-6-28)44(41)52(40)38-20-13-32(48)14-21-38/h1-25,49H. The molecule has 3 aromatic heterocycles. The Labute approximate surface area is 355 Å². The van der Waals surface area contributed by atoms with Gasteiger partial charge in [-0.25, -0.2) is 9.97 Å². The van der Waals surface area contributed by atoms with Gasteiger partial charge in [-0.2, -0.15) is 0 Å². The highest BCUT2D eigenvalue weighted by atomic mass is 127. The molecule has 8 bridgehead atoms. The second kappa shape index (κ2) is 14.3. The summed E-state index contributed by atoms with van der Waals surface area (Å²) in [6, 6.07) is 46.0. The Morgan fingerprint density at radius 2 is 0.865 bits per heavy atom. The van der Waals surface area contributed by atoms with Crippen LogP contribution in [-0.2, 0) is 0 Å². The summed E-state index contributed by atoms with van der Waals surface area (Å²) in [5, 5.41) is 0. The van der Waals surface area contributed by atoms with Crippen LogP contribution in [-0.4, -0.2) is 19.5 Å². The molecule has 0 radical (unpaired) electrons. The molecule has 0 saturated carbocycles. The summed E-state index contributed by atoms with van der Waals surface area (Å²) >= 11 is 9.56. The average molecular weight is 1120 g/mol. The van der Waals surface area contributed by atoms with Crippen molar-refractivity contribution in [1.82, 2.24) is 19.5 Å². The predicted octanol–water partition coefficient (Wildman–Crippen LogP) is 13.5. The lowest BCUT2D eigenvalue weighted by Crippen LogP contribution is -1.97. The van der Waals surface area contributed by atoms with E-state index in [1.54, 1.807) is 0 Å². The zero-order valence-corrected chi connectivity index (χ0v) is 35.9. The lowest BCUT2D eigenvalue weighted by molar-refractivity contribution is 1.17. The Morgan fingerprint density at radius 1 is 0.423 bits per heavy atom. The SMILES string of the molecule is Ic1ccc(-c2c(-c3ccc(I)cc3)c3c(-c4ccc(I)cc4)c4nc(cc5ccc(cc6nc(cc2n3-c2ccc(I)cc2)C=C6)[nH]5)C=C4)cc1. The van der Waals surface area contributed by atoms with Gasteiger partial charge >= 0.3 is 0 Å². The third kappa shape index (κ3) is 6.71. The molecule has 9 rings (SSSR count).